The van der Waals surface area contributed by atoms with Gasteiger partial charge in [-0.05, 0) is 89.5 Å². The van der Waals surface area contributed by atoms with Crippen molar-refractivity contribution in [2.75, 3.05) is 5.32 Å². The lowest BCUT2D eigenvalue weighted by atomic mass is 10.1. The zero-order valence-electron chi connectivity index (χ0n) is 12.3. The van der Waals surface area contributed by atoms with Crippen LogP contribution in [0, 0.1) is 13.8 Å². The fourth-order valence-corrected chi connectivity index (χ4v) is 3.75. The van der Waals surface area contributed by atoms with E-state index in [-0.39, 0.29) is 5.91 Å². The third kappa shape index (κ3) is 2.88. The van der Waals surface area contributed by atoms with E-state index >= 15 is 0 Å². The van der Waals surface area contributed by atoms with Crippen LogP contribution in [0.3, 0.4) is 0 Å². The van der Waals surface area contributed by atoms with E-state index in [9.17, 15) is 4.79 Å². The smallest absolute Gasteiger partial charge is 0.255 e. The van der Waals surface area contributed by atoms with Gasteiger partial charge in [0, 0.05) is 10.0 Å². The van der Waals surface area contributed by atoms with Crippen molar-refractivity contribution in [2.45, 2.75) is 33.1 Å². The van der Waals surface area contributed by atoms with Crippen LogP contribution in [0.4, 0.5) is 5.69 Å². The Morgan fingerprint density at radius 3 is 2.62 bits per heavy atom. The number of nitrogens with one attached hydrogen (secondary N) is 1. The summed E-state index contributed by atoms with van der Waals surface area (Å²) < 4.78 is 0.925. The van der Waals surface area contributed by atoms with E-state index in [0.29, 0.717) is 0 Å². The average molecular weight is 344 g/mol. The highest BCUT2D eigenvalue weighted by Gasteiger charge is 2.15. The number of amides is 1. The molecule has 3 heteroatoms. The molecular formula is C18H18BrNO. The molecule has 0 fully saturated rings. The molecule has 2 aromatic carbocycles. The van der Waals surface area contributed by atoms with E-state index in [1.165, 1.54) is 23.1 Å². The number of hydrogen-bond donors (Lipinski definition) is 1. The zero-order valence-corrected chi connectivity index (χ0v) is 13.9. The number of anilines is 1. The van der Waals surface area contributed by atoms with Crippen molar-refractivity contribution in [3.8, 4) is 0 Å². The van der Waals surface area contributed by atoms with Crippen molar-refractivity contribution in [2.24, 2.45) is 0 Å². The molecule has 0 aliphatic heterocycles. The van der Waals surface area contributed by atoms with E-state index < -0.39 is 0 Å². The Bertz CT molecular complexity index is 698. The third-order valence-corrected chi connectivity index (χ3v) is 4.66. The van der Waals surface area contributed by atoms with Crippen molar-refractivity contribution < 1.29 is 4.79 Å². The van der Waals surface area contributed by atoms with E-state index in [1.807, 2.05) is 32.0 Å². The third-order valence-electron chi connectivity index (χ3n) is 4.03. The molecule has 0 aromatic heterocycles. The van der Waals surface area contributed by atoms with Crippen LogP contribution >= 0.6 is 15.9 Å². The molecule has 1 aliphatic rings. The van der Waals surface area contributed by atoms with Crippen LogP contribution < -0.4 is 5.32 Å². The summed E-state index contributed by atoms with van der Waals surface area (Å²) in [6, 6.07) is 10.1. The van der Waals surface area contributed by atoms with E-state index in [4.69, 9.17) is 0 Å². The molecule has 108 valence electrons. The topological polar surface area (TPSA) is 29.1 Å². The molecule has 0 heterocycles. The van der Waals surface area contributed by atoms with E-state index in [2.05, 4.69) is 33.4 Å². The van der Waals surface area contributed by atoms with Crippen LogP contribution in [0.5, 0.6) is 0 Å². The number of fused-ring (bicyclic) bond motifs is 1. The predicted octanol–water partition coefficient (Wildman–Crippen LogP) is 4.81. The summed E-state index contributed by atoms with van der Waals surface area (Å²) in [7, 11) is 0. The van der Waals surface area contributed by atoms with Gasteiger partial charge in [0.15, 0.2) is 0 Å². The summed E-state index contributed by atoms with van der Waals surface area (Å²) in [5, 5.41) is 3.03. The van der Waals surface area contributed by atoms with Crippen molar-refractivity contribution in [3.05, 3.63) is 62.6 Å². The average Bonchev–Trinajstić information content (AvgIpc) is 2.89. The first-order valence-electron chi connectivity index (χ1n) is 7.24. The fraction of sp³-hybridized carbons (Fsp3) is 0.278. The fourth-order valence-electron chi connectivity index (χ4n) is 2.97. The van der Waals surface area contributed by atoms with Gasteiger partial charge in [-0.3, -0.25) is 4.79 Å². The molecule has 3 rings (SSSR count). The number of hydrogen-bond acceptors (Lipinski definition) is 1. The maximum Gasteiger partial charge on any atom is 0.255 e. The second-order valence-corrected chi connectivity index (χ2v) is 6.58. The van der Waals surface area contributed by atoms with Gasteiger partial charge in [0.1, 0.15) is 0 Å². The molecule has 0 saturated carbocycles. The van der Waals surface area contributed by atoms with Gasteiger partial charge >= 0.3 is 0 Å². The summed E-state index contributed by atoms with van der Waals surface area (Å²) in [4.78, 5) is 12.5. The Kier molecular flexibility index (Phi) is 3.85. The SMILES string of the molecule is Cc1cc(C)c(NC(=O)c2ccc3c(c2)CCC3)c(Br)c1. The first-order chi connectivity index (χ1) is 10.0. The van der Waals surface area contributed by atoms with Gasteiger partial charge in [0.05, 0.1) is 5.69 Å². The van der Waals surface area contributed by atoms with Gasteiger partial charge in [-0.15, -0.1) is 0 Å². The molecule has 1 N–H and O–H groups in total. The van der Waals surface area contributed by atoms with Crippen LogP contribution in [0.2, 0.25) is 0 Å². The minimum atomic E-state index is -0.0441. The number of aryl methyl sites for hydroxylation is 4. The number of rotatable bonds is 2. The van der Waals surface area contributed by atoms with Gasteiger partial charge in [-0.2, -0.15) is 0 Å². The Hall–Kier alpha value is -1.61. The highest BCUT2D eigenvalue weighted by atomic mass is 79.9. The molecule has 0 radical (unpaired) electrons. The van der Waals surface area contributed by atoms with Crippen molar-refractivity contribution in [3.63, 3.8) is 0 Å². The Balaban J connectivity index is 1.87. The standard InChI is InChI=1S/C18H18BrNO/c1-11-8-12(2)17(16(19)9-11)20-18(21)15-7-6-13-4-3-5-14(13)10-15/h6-10H,3-5H2,1-2H3,(H,20,21). The van der Waals surface area contributed by atoms with Gasteiger partial charge in [-0.25, -0.2) is 0 Å². The minimum Gasteiger partial charge on any atom is -0.321 e. The predicted molar refractivity (Wildman–Crippen MR) is 90.0 cm³/mol. The van der Waals surface area contributed by atoms with Crippen molar-refractivity contribution >= 4 is 27.5 Å². The van der Waals surface area contributed by atoms with Gasteiger partial charge in [0.2, 0.25) is 0 Å². The molecule has 0 saturated heterocycles. The summed E-state index contributed by atoms with van der Waals surface area (Å²) in [5.41, 5.74) is 6.54. The maximum atomic E-state index is 12.5. The molecule has 0 unspecified atom stereocenters. The van der Waals surface area contributed by atoms with Crippen molar-refractivity contribution in [1.82, 2.24) is 0 Å². The molecule has 2 aromatic rings. The van der Waals surface area contributed by atoms with Crippen LogP contribution in [-0.2, 0) is 12.8 Å². The lowest BCUT2D eigenvalue weighted by Crippen LogP contribution is -2.13. The first-order valence-corrected chi connectivity index (χ1v) is 8.04. The normalized spacial score (nSPS) is 13.1. The number of benzene rings is 2. The van der Waals surface area contributed by atoms with Crippen LogP contribution in [0.15, 0.2) is 34.8 Å². The molecule has 21 heavy (non-hydrogen) atoms. The number of carbonyl (C=O) groups is 1. The second kappa shape index (κ2) is 5.64. The summed E-state index contributed by atoms with van der Waals surface area (Å²) in [6.07, 6.45) is 3.42. The van der Waals surface area contributed by atoms with Crippen molar-refractivity contribution in [1.29, 1.82) is 0 Å². The molecule has 1 amide bonds. The number of carbonyl (C=O) groups excluding carboxylic acids is 1. The lowest BCUT2D eigenvalue weighted by Gasteiger charge is -2.12. The molecule has 0 spiro atoms. The first kappa shape index (κ1) is 14.3. The van der Waals surface area contributed by atoms with Crippen LogP contribution in [0.1, 0.15) is 39.0 Å². The summed E-state index contributed by atoms with van der Waals surface area (Å²) in [6.45, 7) is 4.06. The summed E-state index contributed by atoms with van der Waals surface area (Å²) in [5.74, 6) is -0.0441. The Morgan fingerprint density at radius 1 is 1.10 bits per heavy atom. The number of halogens is 1. The van der Waals surface area contributed by atoms with Crippen LogP contribution in [0.25, 0.3) is 0 Å². The van der Waals surface area contributed by atoms with Gasteiger partial charge in [0.25, 0.3) is 5.91 Å². The molecule has 0 bridgehead atoms. The Labute approximate surface area is 133 Å². The van der Waals surface area contributed by atoms with Gasteiger partial charge in [-0.1, -0.05) is 12.1 Å². The quantitative estimate of drug-likeness (QED) is 0.832. The lowest BCUT2D eigenvalue weighted by molar-refractivity contribution is 0.102. The Morgan fingerprint density at radius 2 is 1.86 bits per heavy atom. The highest BCUT2D eigenvalue weighted by molar-refractivity contribution is 9.10. The molecule has 0 atom stereocenters. The summed E-state index contributed by atoms with van der Waals surface area (Å²) >= 11 is 3.53. The highest BCUT2D eigenvalue weighted by Crippen LogP contribution is 2.29. The molecular weight excluding hydrogens is 326 g/mol. The molecule has 1 aliphatic carbocycles. The van der Waals surface area contributed by atoms with E-state index in [1.54, 1.807) is 0 Å². The zero-order chi connectivity index (χ0) is 15.0. The monoisotopic (exact) mass is 343 g/mol. The largest absolute Gasteiger partial charge is 0.321 e. The maximum absolute atomic E-state index is 12.5. The van der Waals surface area contributed by atoms with E-state index in [0.717, 1.165) is 34.1 Å². The van der Waals surface area contributed by atoms with Gasteiger partial charge < -0.3 is 5.32 Å². The second-order valence-electron chi connectivity index (χ2n) is 5.73. The minimum absolute atomic E-state index is 0.0441. The van der Waals surface area contributed by atoms with Crippen LogP contribution in [-0.4, -0.2) is 5.91 Å². The molecule has 2 nitrogen and oxygen atoms in total.